The first-order valence-corrected chi connectivity index (χ1v) is 6.05. The van der Waals surface area contributed by atoms with Gasteiger partial charge in [-0.25, -0.2) is 0 Å². The molecule has 17 heavy (non-hydrogen) atoms. The van der Waals surface area contributed by atoms with Crippen LogP contribution in [0, 0.1) is 6.92 Å². The van der Waals surface area contributed by atoms with Crippen molar-refractivity contribution in [2.24, 2.45) is 0 Å². The summed E-state index contributed by atoms with van der Waals surface area (Å²) in [7, 11) is 0. The molecule has 0 spiro atoms. The number of hydrogen-bond donors (Lipinski definition) is 1. The highest BCUT2D eigenvalue weighted by Gasteiger charge is 2.21. The maximum Gasteiger partial charge on any atom is 0.154 e. The van der Waals surface area contributed by atoms with E-state index in [4.69, 9.17) is 0 Å². The van der Waals surface area contributed by atoms with Crippen molar-refractivity contribution in [1.82, 2.24) is 20.1 Å². The predicted molar refractivity (Wildman–Crippen MR) is 66.1 cm³/mol. The van der Waals surface area contributed by atoms with Crippen LogP contribution in [-0.4, -0.2) is 21.3 Å². The molecule has 2 aromatic rings. The lowest BCUT2D eigenvalue weighted by Gasteiger charge is -2.12. The van der Waals surface area contributed by atoms with Gasteiger partial charge in [0.25, 0.3) is 0 Å². The van der Waals surface area contributed by atoms with E-state index in [1.807, 2.05) is 0 Å². The molecule has 1 N–H and O–H groups in total. The molecule has 1 atom stereocenters. The summed E-state index contributed by atoms with van der Waals surface area (Å²) in [5, 5.41) is 11.8. The second-order valence-corrected chi connectivity index (χ2v) is 4.55. The fourth-order valence-corrected chi connectivity index (χ4v) is 2.36. The van der Waals surface area contributed by atoms with Gasteiger partial charge in [0, 0.05) is 5.69 Å². The van der Waals surface area contributed by atoms with E-state index in [9.17, 15) is 0 Å². The third-order valence-electron chi connectivity index (χ3n) is 3.23. The van der Waals surface area contributed by atoms with Gasteiger partial charge in [-0.3, -0.25) is 4.57 Å². The monoisotopic (exact) mass is 228 g/mol. The number of nitrogens with zero attached hydrogens (tertiary/aromatic N) is 3. The Hall–Kier alpha value is -1.68. The molecule has 0 aliphatic carbocycles. The van der Waals surface area contributed by atoms with Crippen molar-refractivity contribution in [3.8, 4) is 5.69 Å². The average Bonchev–Trinajstić information content (AvgIpc) is 3.00. The predicted octanol–water partition coefficient (Wildman–Crippen LogP) is 2.00. The minimum absolute atomic E-state index is 0.345. The van der Waals surface area contributed by atoms with Gasteiger partial charge in [-0.05, 0) is 44.0 Å². The Balaban J connectivity index is 2.00. The molecule has 4 nitrogen and oxygen atoms in total. The molecule has 0 amide bonds. The summed E-state index contributed by atoms with van der Waals surface area (Å²) in [4.78, 5) is 0. The Kier molecular flexibility index (Phi) is 2.65. The van der Waals surface area contributed by atoms with Crippen molar-refractivity contribution in [3.63, 3.8) is 0 Å². The number of hydrogen-bond acceptors (Lipinski definition) is 3. The fourth-order valence-electron chi connectivity index (χ4n) is 2.36. The molecule has 1 unspecified atom stereocenters. The van der Waals surface area contributed by atoms with Crippen LogP contribution in [0.15, 0.2) is 30.6 Å². The first-order chi connectivity index (χ1) is 8.34. The molecule has 0 radical (unpaired) electrons. The SMILES string of the molecule is Cc1cccc(-n2cnnc2C2CCCN2)c1. The van der Waals surface area contributed by atoms with Crippen LogP contribution in [-0.2, 0) is 0 Å². The van der Waals surface area contributed by atoms with Crippen LogP contribution in [0.1, 0.15) is 30.3 Å². The lowest BCUT2D eigenvalue weighted by atomic mass is 10.2. The van der Waals surface area contributed by atoms with E-state index in [1.165, 1.54) is 12.0 Å². The Bertz CT molecular complexity index is 512. The summed E-state index contributed by atoms with van der Waals surface area (Å²) in [5.74, 6) is 1.02. The zero-order valence-electron chi connectivity index (χ0n) is 9.93. The molecule has 1 fully saturated rings. The minimum atomic E-state index is 0.345. The summed E-state index contributed by atoms with van der Waals surface area (Å²) in [6.07, 6.45) is 4.15. The highest BCUT2D eigenvalue weighted by atomic mass is 15.3. The lowest BCUT2D eigenvalue weighted by molar-refractivity contribution is 0.592. The van der Waals surface area contributed by atoms with Crippen molar-refractivity contribution in [1.29, 1.82) is 0 Å². The third-order valence-corrected chi connectivity index (χ3v) is 3.23. The Morgan fingerprint density at radius 2 is 2.35 bits per heavy atom. The molecule has 1 aliphatic heterocycles. The van der Waals surface area contributed by atoms with E-state index in [0.29, 0.717) is 6.04 Å². The van der Waals surface area contributed by atoms with Crippen LogP contribution in [0.5, 0.6) is 0 Å². The zero-order chi connectivity index (χ0) is 11.7. The average molecular weight is 228 g/mol. The van der Waals surface area contributed by atoms with Crippen molar-refractivity contribution in [2.75, 3.05) is 6.54 Å². The van der Waals surface area contributed by atoms with E-state index in [2.05, 4.69) is 51.3 Å². The van der Waals surface area contributed by atoms with Gasteiger partial charge in [-0.2, -0.15) is 0 Å². The van der Waals surface area contributed by atoms with Gasteiger partial charge >= 0.3 is 0 Å². The summed E-state index contributed by atoms with van der Waals surface area (Å²) < 4.78 is 2.08. The Labute approximate surface area is 101 Å². The normalized spacial score (nSPS) is 19.7. The number of rotatable bonds is 2. The van der Waals surface area contributed by atoms with Crippen LogP contribution in [0.3, 0.4) is 0 Å². The van der Waals surface area contributed by atoms with Gasteiger partial charge in [0.1, 0.15) is 6.33 Å². The van der Waals surface area contributed by atoms with Crippen molar-refractivity contribution < 1.29 is 0 Å². The number of aryl methyl sites for hydroxylation is 1. The molecule has 1 aliphatic rings. The van der Waals surface area contributed by atoms with Crippen molar-refractivity contribution in [2.45, 2.75) is 25.8 Å². The van der Waals surface area contributed by atoms with Crippen LogP contribution in [0.25, 0.3) is 5.69 Å². The van der Waals surface area contributed by atoms with Crippen molar-refractivity contribution in [3.05, 3.63) is 42.0 Å². The molecular formula is C13H16N4. The second kappa shape index (κ2) is 4.30. The van der Waals surface area contributed by atoms with Gasteiger partial charge in [-0.1, -0.05) is 12.1 Å². The molecule has 1 saturated heterocycles. The van der Waals surface area contributed by atoms with E-state index < -0.39 is 0 Å². The van der Waals surface area contributed by atoms with Crippen LogP contribution >= 0.6 is 0 Å². The molecule has 4 heteroatoms. The van der Waals surface area contributed by atoms with Crippen LogP contribution < -0.4 is 5.32 Å². The molecule has 1 aromatic heterocycles. The van der Waals surface area contributed by atoms with E-state index >= 15 is 0 Å². The van der Waals surface area contributed by atoms with Gasteiger partial charge in [0.15, 0.2) is 5.82 Å². The first-order valence-electron chi connectivity index (χ1n) is 6.05. The number of benzene rings is 1. The molecule has 1 aromatic carbocycles. The molecule has 0 saturated carbocycles. The number of nitrogens with one attached hydrogen (secondary N) is 1. The maximum absolute atomic E-state index is 4.25. The van der Waals surface area contributed by atoms with E-state index in [0.717, 1.165) is 24.5 Å². The summed E-state index contributed by atoms with van der Waals surface area (Å²) in [6.45, 7) is 3.17. The van der Waals surface area contributed by atoms with Gasteiger partial charge in [0.2, 0.25) is 0 Å². The summed E-state index contributed by atoms with van der Waals surface area (Å²) >= 11 is 0. The first kappa shape index (κ1) is 10.5. The highest BCUT2D eigenvalue weighted by Crippen LogP contribution is 2.23. The summed E-state index contributed by atoms with van der Waals surface area (Å²) in [6, 6.07) is 8.76. The lowest BCUT2D eigenvalue weighted by Crippen LogP contribution is -2.17. The minimum Gasteiger partial charge on any atom is -0.307 e. The molecule has 0 bridgehead atoms. The zero-order valence-corrected chi connectivity index (χ0v) is 9.93. The molecule has 3 rings (SSSR count). The topological polar surface area (TPSA) is 42.7 Å². The molecular weight excluding hydrogens is 212 g/mol. The second-order valence-electron chi connectivity index (χ2n) is 4.55. The van der Waals surface area contributed by atoms with Crippen molar-refractivity contribution >= 4 is 0 Å². The number of aromatic nitrogens is 3. The quantitative estimate of drug-likeness (QED) is 0.855. The van der Waals surface area contributed by atoms with Gasteiger partial charge < -0.3 is 5.32 Å². The maximum atomic E-state index is 4.25. The summed E-state index contributed by atoms with van der Waals surface area (Å²) in [5.41, 5.74) is 2.39. The van der Waals surface area contributed by atoms with E-state index in [-0.39, 0.29) is 0 Å². The Morgan fingerprint density at radius 3 is 3.12 bits per heavy atom. The Morgan fingerprint density at radius 1 is 1.41 bits per heavy atom. The smallest absolute Gasteiger partial charge is 0.154 e. The van der Waals surface area contributed by atoms with Gasteiger partial charge in [0.05, 0.1) is 6.04 Å². The highest BCUT2D eigenvalue weighted by molar-refractivity contribution is 5.36. The third kappa shape index (κ3) is 1.96. The van der Waals surface area contributed by atoms with E-state index in [1.54, 1.807) is 6.33 Å². The van der Waals surface area contributed by atoms with Crippen LogP contribution in [0.2, 0.25) is 0 Å². The fraction of sp³-hybridized carbons (Fsp3) is 0.385. The largest absolute Gasteiger partial charge is 0.307 e. The molecule has 2 heterocycles. The standard InChI is InChI=1S/C13H16N4/c1-10-4-2-5-11(8-10)17-9-15-16-13(17)12-6-3-7-14-12/h2,4-5,8-9,12,14H,3,6-7H2,1H3. The molecule has 88 valence electrons. The van der Waals surface area contributed by atoms with Crippen LogP contribution in [0.4, 0.5) is 0 Å². The van der Waals surface area contributed by atoms with Gasteiger partial charge in [-0.15, -0.1) is 10.2 Å².